The van der Waals surface area contributed by atoms with Crippen molar-refractivity contribution in [3.8, 4) is 0 Å². The Morgan fingerprint density at radius 1 is 1.00 bits per heavy atom. The molecular weight excluding hydrogens is 288 g/mol. The van der Waals surface area contributed by atoms with E-state index in [-0.39, 0.29) is 23.3 Å². The minimum Gasteiger partial charge on any atom is -0.351 e. The highest BCUT2D eigenvalue weighted by atomic mass is 16.2. The second-order valence-corrected chi connectivity index (χ2v) is 7.98. The van der Waals surface area contributed by atoms with Crippen LogP contribution in [-0.2, 0) is 9.59 Å². The third-order valence-corrected chi connectivity index (χ3v) is 3.79. The Kier molecular flexibility index (Phi) is 5.62. The molecule has 0 aliphatic carbocycles. The van der Waals surface area contributed by atoms with Crippen LogP contribution in [0.3, 0.4) is 0 Å². The van der Waals surface area contributed by atoms with Crippen molar-refractivity contribution in [2.24, 2.45) is 5.41 Å². The molecule has 4 heteroatoms. The maximum absolute atomic E-state index is 12.7. The minimum atomic E-state index is -1.15. The molecular formula is C19H30N2O2. The van der Waals surface area contributed by atoms with Crippen molar-refractivity contribution in [1.82, 2.24) is 5.32 Å². The lowest BCUT2D eigenvalue weighted by molar-refractivity contribution is -0.139. The van der Waals surface area contributed by atoms with Crippen LogP contribution < -0.4 is 10.6 Å². The second kappa shape index (κ2) is 6.73. The Hall–Kier alpha value is -1.84. The number of para-hydroxylation sites is 1. The average Bonchev–Trinajstić information content (AvgIpc) is 2.38. The van der Waals surface area contributed by atoms with Crippen LogP contribution in [0.5, 0.6) is 0 Å². The molecule has 0 spiro atoms. The Balaban J connectivity index is 3.06. The summed E-state index contributed by atoms with van der Waals surface area (Å²) >= 11 is 0. The molecule has 1 aromatic rings. The number of hydrogen-bond donors (Lipinski definition) is 2. The lowest BCUT2D eigenvalue weighted by atomic mass is 9.89. The van der Waals surface area contributed by atoms with Gasteiger partial charge >= 0.3 is 0 Å². The quantitative estimate of drug-likeness (QED) is 0.824. The van der Waals surface area contributed by atoms with Crippen LogP contribution in [0.25, 0.3) is 0 Å². The van der Waals surface area contributed by atoms with Gasteiger partial charge in [-0.3, -0.25) is 9.59 Å². The first kappa shape index (κ1) is 19.2. The van der Waals surface area contributed by atoms with Gasteiger partial charge in [0.2, 0.25) is 11.8 Å². The molecule has 4 nitrogen and oxygen atoms in total. The molecule has 128 valence electrons. The smallest absolute Gasteiger partial charge is 0.239 e. The first-order chi connectivity index (χ1) is 10.4. The number of amides is 2. The summed E-state index contributed by atoms with van der Waals surface area (Å²) in [6.07, 6.45) is 0. The van der Waals surface area contributed by atoms with Gasteiger partial charge in [-0.15, -0.1) is 0 Å². The van der Waals surface area contributed by atoms with E-state index in [0.29, 0.717) is 0 Å². The lowest BCUT2D eigenvalue weighted by Gasteiger charge is -2.29. The van der Waals surface area contributed by atoms with Crippen molar-refractivity contribution in [3.63, 3.8) is 0 Å². The van der Waals surface area contributed by atoms with Crippen molar-refractivity contribution in [2.45, 2.75) is 66.8 Å². The maximum Gasteiger partial charge on any atom is 0.239 e. The summed E-state index contributed by atoms with van der Waals surface area (Å²) in [6, 6.07) is 5.96. The molecule has 23 heavy (non-hydrogen) atoms. The van der Waals surface area contributed by atoms with Crippen molar-refractivity contribution in [2.75, 3.05) is 5.32 Å². The Morgan fingerprint density at radius 3 is 2.04 bits per heavy atom. The Labute approximate surface area is 140 Å². The van der Waals surface area contributed by atoms with Gasteiger partial charge in [0.25, 0.3) is 0 Å². The zero-order valence-corrected chi connectivity index (χ0v) is 15.6. The molecule has 0 aliphatic rings. The summed E-state index contributed by atoms with van der Waals surface area (Å²) in [7, 11) is 0. The van der Waals surface area contributed by atoms with Gasteiger partial charge in [-0.25, -0.2) is 0 Å². The third-order valence-electron chi connectivity index (χ3n) is 3.79. The van der Waals surface area contributed by atoms with Gasteiger partial charge in [0.15, 0.2) is 0 Å². The molecule has 1 aromatic carbocycles. The number of benzene rings is 1. The minimum absolute atomic E-state index is 0.276. The van der Waals surface area contributed by atoms with Crippen molar-refractivity contribution in [3.05, 3.63) is 29.3 Å². The van der Waals surface area contributed by atoms with Gasteiger partial charge in [0.05, 0.1) is 0 Å². The number of hydrogen-bond acceptors (Lipinski definition) is 2. The normalized spacial score (nSPS) is 12.2. The predicted molar refractivity (Wildman–Crippen MR) is 95.6 cm³/mol. The Bertz CT molecular complexity index is 596. The number of aryl methyl sites for hydroxylation is 1. The van der Waals surface area contributed by atoms with Crippen LogP contribution in [0.2, 0.25) is 0 Å². The van der Waals surface area contributed by atoms with E-state index in [0.717, 1.165) is 16.8 Å². The summed E-state index contributed by atoms with van der Waals surface area (Å²) in [5, 5.41) is 5.85. The highest BCUT2D eigenvalue weighted by Gasteiger charge is 2.38. The van der Waals surface area contributed by atoms with Crippen LogP contribution >= 0.6 is 0 Å². The van der Waals surface area contributed by atoms with E-state index in [2.05, 4.69) is 24.5 Å². The van der Waals surface area contributed by atoms with E-state index in [1.165, 1.54) is 0 Å². The number of anilines is 1. The molecule has 0 unspecified atom stereocenters. The third kappa shape index (κ3) is 4.81. The fourth-order valence-corrected chi connectivity index (χ4v) is 2.21. The van der Waals surface area contributed by atoms with Gasteiger partial charge in [-0.2, -0.15) is 0 Å². The molecule has 2 N–H and O–H groups in total. The molecule has 0 fully saturated rings. The molecule has 0 bridgehead atoms. The van der Waals surface area contributed by atoms with Crippen LogP contribution in [0.15, 0.2) is 18.2 Å². The number of carbonyl (C=O) groups is 2. The number of rotatable bonds is 4. The van der Waals surface area contributed by atoms with Gasteiger partial charge in [-0.1, -0.05) is 32.0 Å². The van der Waals surface area contributed by atoms with Gasteiger partial charge in [-0.05, 0) is 58.6 Å². The van der Waals surface area contributed by atoms with Crippen LogP contribution in [0.4, 0.5) is 5.69 Å². The van der Waals surface area contributed by atoms with Crippen LogP contribution in [0.1, 0.15) is 65.5 Å². The molecule has 2 amide bonds. The van der Waals surface area contributed by atoms with Crippen molar-refractivity contribution in [1.29, 1.82) is 0 Å². The zero-order chi connectivity index (χ0) is 18.0. The summed E-state index contributed by atoms with van der Waals surface area (Å²) in [6.45, 7) is 15.1. The summed E-state index contributed by atoms with van der Waals surface area (Å²) in [5.41, 5.74) is 1.36. The lowest BCUT2D eigenvalue weighted by Crippen LogP contribution is -2.51. The summed E-state index contributed by atoms with van der Waals surface area (Å²) < 4.78 is 0. The van der Waals surface area contributed by atoms with E-state index in [9.17, 15) is 9.59 Å². The SMILES string of the molecule is Cc1cccc(C(C)C)c1NC(=O)C(C)(C)C(=O)NC(C)(C)C. The fraction of sp³-hybridized carbons (Fsp3) is 0.579. The molecule has 0 aliphatic heterocycles. The van der Waals surface area contributed by atoms with Crippen LogP contribution in [-0.4, -0.2) is 17.4 Å². The predicted octanol–water partition coefficient (Wildman–Crippen LogP) is 4.00. The van der Waals surface area contributed by atoms with Gasteiger partial charge in [0.1, 0.15) is 5.41 Å². The van der Waals surface area contributed by atoms with E-state index < -0.39 is 5.41 Å². The first-order valence-corrected chi connectivity index (χ1v) is 8.10. The average molecular weight is 318 g/mol. The Morgan fingerprint density at radius 2 is 1.57 bits per heavy atom. The van der Waals surface area contributed by atoms with E-state index in [4.69, 9.17) is 0 Å². The van der Waals surface area contributed by atoms with Gasteiger partial charge < -0.3 is 10.6 Å². The monoisotopic (exact) mass is 318 g/mol. The summed E-state index contributed by atoms with van der Waals surface area (Å²) in [4.78, 5) is 25.2. The summed E-state index contributed by atoms with van der Waals surface area (Å²) in [5.74, 6) is -0.283. The maximum atomic E-state index is 12.7. The van der Waals surface area contributed by atoms with Crippen LogP contribution in [0, 0.1) is 12.3 Å². The zero-order valence-electron chi connectivity index (χ0n) is 15.6. The highest BCUT2D eigenvalue weighted by molar-refractivity contribution is 6.10. The van der Waals surface area contributed by atoms with E-state index in [1.807, 2.05) is 45.9 Å². The van der Waals surface area contributed by atoms with Crippen molar-refractivity contribution >= 4 is 17.5 Å². The van der Waals surface area contributed by atoms with E-state index in [1.54, 1.807) is 13.8 Å². The number of carbonyl (C=O) groups excluding carboxylic acids is 2. The molecule has 0 atom stereocenters. The second-order valence-electron chi connectivity index (χ2n) is 7.98. The fourth-order valence-electron chi connectivity index (χ4n) is 2.21. The molecule has 0 aromatic heterocycles. The molecule has 0 saturated carbocycles. The van der Waals surface area contributed by atoms with Crippen molar-refractivity contribution < 1.29 is 9.59 Å². The topological polar surface area (TPSA) is 58.2 Å². The largest absolute Gasteiger partial charge is 0.351 e. The highest BCUT2D eigenvalue weighted by Crippen LogP contribution is 2.29. The number of nitrogens with one attached hydrogen (secondary N) is 2. The van der Waals surface area contributed by atoms with Gasteiger partial charge in [0, 0.05) is 11.2 Å². The first-order valence-electron chi connectivity index (χ1n) is 8.10. The molecule has 0 radical (unpaired) electrons. The molecule has 1 rings (SSSR count). The molecule has 0 saturated heterocycles. The standard InChI is InChI=1S/C19H30N2O2/c1-12(2)14-11-9-10-13(3)15(14)20-16(22)19(7,8)17(23)21-18(4,5)6/h9-12H,1-8H3,(H,20,22)(H,21,23). The van der Waals surface area contributed by atoms with E-state index >= 15 is 0 Å². The molecule has 0 heterocycles.